The summed E-state index contributed by atoms with van der Waals surface area (Å²) in [7, 11) is 3.03. The second kappa shape index (κ2) is 9.88. The smallest absolute Gasteiger partial charge is 0.177 e. The van der Waals surface area contributed by atoms with E-state index in [9.17, 15) is 4.79 Å². The highest BCUT2D eigenvalue weighted by Gasteiger charge is 2.46. The quantitative estimate of drug-likeness (QED) is 0.489. The predicted molar refractivity (Wildman–Crippen MR) is 102 cm³/mol. The molecule has 1 fully saturated rings. The summed E-state index contributed by atoms with van der Waals surface area (Å²) in [6, 6.07) is 10.5. The Hall–Kier alpha value is -0.450. The third-order valence-electron chi connectivity index (χ3n) is 4.61. The molecule has 1 aliphatic rings. The zero-order valence-electron chi connectivity index (χ0n) is 14.6. The molecule has 24 heavy (non-hydrogen) atoms. The summed E-state index contributed by atoms with van der Waals surface area (Å²) in [5, 5.41) is 0. The largest absolute Gasteiger partial charge is 0.381 e. The van der Waals surface area contributed by atoms with Crippen molar-refractivity contribution >= 4 is 25.3 Å². The molecule has 0 aliphatic carbocycles. The molecule has 1 aromatic rings. The van der Waals surface area contributed by atoms with E-state index in [1.807, 2.05) is 6.07 Å². The third kappa shape index (κ3) is 5.03. The van der Waals surface area contributed by atoms with Crippen LogP contribution in [0, 0.1) is 0 Å². The molecule has 4 atom stereocenters. The highest BCUT2D eigenvalue weighted by Crippen LogP contribution is 2.51. The van der Waals surface area contributed by atoms with Crippen LogP contribution in [0.25, 0.3) is 0 Å². The van der Waals surface area contributed by atoms with Crippen molar-refractivity contribution < 1.29 is 19.0 Å². The minimum Gasteiger partial charge on any atom is -0.381 e. The number of thioether (sulfide) groups is 1. The van der Waals surface area contributed by atoms with Crippen molar-refractivity contribution in [2.24, 2.45) is 0 Å². The van der Waals surface area contributed by atoms with E-state index < -0.39 is 13.7 Å². The Kier molecular flexibility index (Phi) is 8.18. The summed E-state index contributed by atoms with van der Waals surface area (Å²) in [6.45, 7) is 2.90. The summed E-state index contributed by atoms with van der Waals surface area (Å²) in [5.41, 5.74) is 2.40. The van der Waals surface area contributed by atoms with Crippen LogP contribution < -0.4 is 0 Å². The van der Waals surface area contributed by atoms with Crippen molar-refractivity contribution in [3.8, 4) is 0 Å². The van der Waals surface area contributed by atoms with Crippen molar-refractivity contribution in [1.29, 1.82) is 0 Å². The Labute approximate surface area is 150 Å². The maximum atomic E-state index is 11.0. The van der Waals surface area contributed by atoms with Crippen LogP contribution in [0.2, 0.25) is 0 Å². The molecule has 1 aromatic carbocycles. The van der Waals surface area contributed by atoms with Crippen LogP contribution in [-0.4, -0.2) is 56.4 Å². The fourth-order valence-electron chi connectivity index (χ4n) is 3.26. The summed E-state index contributed by atoms with van der Waals surface area (Å²) < 4.78 is 17.6. The molecule has 1 saturated heterocycles. The first kappa shape index (κ1) is 19.9. The van der Waals surface area contributed by atoms with Gasteiger partial charge in [0.05, 0.1) is 12.7 Å². The first-order valence-corrected chi connectivity index (χ1v) is 11.3. The van der Waals surface area contributed by atoms with Crippen LogP contribution in [0.15, 0.2) is 30.3 Å². The van der Waals surface area contributed by atoms with E-state index in [0.717, 1.165) is 18.2 Å². The highest BCUT2D eigenvalue weighted by atomic mass is 32.2. The van der Waals surface area contributed by atoms with Crippen LogP contribution in [0.4, 0.5) is 0 Å². The lowest BCUT2D eigenvalue weighted by Gasteiger charge is -2.46. The second-order valence-corrected chi connectivity index (χ2v) is 9.37. The average Bonchev–Trinajstić information content (AvgIpc) is 2.63. The van der Waals surface area contributed by atoms with Gasteiger partial charge in [-0.1, -0.05) is 50.0 Å². The van der Waals surface area contributed by atoms with Gasteiger partial charge in [0.1, 0.15) is 0 Å². The number of methoxy groups -OCH3 is 2. The monoisotopic (exact) mass is 370 g/mol. The van der Waals surface area contributed by atoms with Crippen molar-refractivity contribution in [3.05, 3.63) is 35.9 Å². The number of carbonyl (C=O) groups excluding carboxylic acids is 1. The van der Waals surface area contributed by atoms with Gasteiger partial charge in [-0.25, -0.2) is 0 Å². The molecule has 6 heteroatoms. The molecule has 134 valence electrons. The molecule has 0 spiro atoms. The fraction of sp³-hybridized carbons (Fsp3) is 0.611. The van der Waals surface area contributed by atoms with Crippen LogP contribution in [-0.2, 0) is 25.2 Å². The lowest BCUT2D eigenvalue weighted by Crippen LogP contribution is -2.53. The third-order valence-corrected chi connectivity index (χ3v) is 8.03. The zero-order valence-corrected chi connectivity index (χ0v) is 16.4. The first-order chi connectivity index (χ1) is 11.6. The van der Waals surface area contributed by atoms with Crippen molar-refractivity contribution in [1.82, 2.24) is 0 Å². The molecular formula is C18H27O4PS. The molecule has 0 radical (unpaired) electrons. The van der Waals surface area contributed by atoms with E-state index >= 15 is 0 Å². The Balaban J connectivity index is 2.19. The van der Waals surface area contributed by atoms with Crippen molar-refractivity contribution in [2.45, 2.75) is 36.6 Å². The molecule has 4 nitrogen and oxygen atoms in total. The molecule has 0 N–H and O–H groups in total. The standard InChI is InChI=1S/C18H27O4PS/c1-20-16-9-10-22-18(11-16,21-2)17(13-24-14-19)23(3)12-15-7-5-4-6-8-15/h4-8,14,16-17H,9-13H2,1-3H3. The van der Waals surface area contributed by atoms with Crippen molar-refractivity contribution in [3.63, 3.8) is 0 Å². The average molecular weight is 370 g/mol. The number of hydrogen-bond acceptors (Lipinski definition) is 5. The number of carbonyl (C=O) groups is 1. The van der Waals surface area contributed by atoms with E-state index in [4.69, 9.17) is 14.2 Å². The molecule has 0 bridgehead atoms. The van der Waals surface area contributed by atoms with Gasteiger partial charge in [-0.2, -0.15) is 0 Å². The Bertz CT molecular complexity index is 501. The van der Waals surface area contributed by atoms with Gasteiger partial charge in [0.2, 0.25) is 0 Å². The predicted octanol–water partition coefficient (Wildman–Crippen LogP) is 3.76. The van der Waals surface area contributed by atoms with Gasteiger partial charge in [-0.15, -0.1) is 0 Å². The highest BCUT2D eigenvalue weighted by molar-refractivity contribution is 8.12. The molecule has 1 aliphatic heterocycles. The Morgan fingerprint density at radius 1 is 1.42 bits per heavy atom. The van der Waals surface area contributed by atoms with E-state index in [1.54, 1.807) is 14.2 Å². The zero-order chi connectivity index (χ0) is 17.4. The summed E-state index contributed by atoms with van der Waals surface area (Å²) in [6.07, 6.45) is 2.73. The molecule has 4 unspecified atom stereocenters. The summed E-state index contributed by atoms with van der Waals surface area (Å²) in [5.74, 6) is 0.0486. The molecule has 1 heterocycles. The number of hydrogen-bond donors (Lipinski definition) is 0. The van der Waals surface area contributed by atoms with E-state index in [0.29, 0.717) is 18.8 Å². The minimum atomic E-state index is -0.663. The van der Waals surface area contributed by atoms with Gasteiger partial charge in [0.15, 0.2) is 11.4 Å². The number of ether oxygens (including phenoxy) is 3. The normalized spacial score (nSPS) is 26.7. The van der Waals surface area contributed by atoms with E-state index in [2.05, 4.69) is 30.9 Å². The topological polar surface area (TPSA) is 44.8 Å². The van der Waals surface area contributed by atoms with Gasteiger partial charge in [0.25, 0.3) is 0 Å². The lowest BCUT2D eigenvalue weighted by molar-refractivity contribution is -0.259. The van der Waals surface area contributed by atoms with E-state index in [-0.39, 0.29) is 11.8 Å². The number of rotatable bonds is 9. The fourth-order valence-corrected chi connectivity index (χ4v) is 7.01. The minimum absolute atomic E-state index is 0.141. The van der Waals surface area contributed by atoms with Gasteiger partial charge < -0.3 is 14.2 Å². The van der Waals surface area contributed by atoms with Gasteiger partial charge in [-0.05, 0) is 24.8 Å². The first-order valence-electron chi connectivity index (χ1n) is 8.16. The summed E-state index contributed by atoms with van der Waals surface area (Å²) in [4.78, 5) is 11.0. The molecule has 0 amide bonds. The van der Waals surface area contributed by atoms with Crippen LogP contribution >= 0.6 is 19.7 Å². The second-order valence-electron chi connectivity index (χ2n) is 6.06. The SMILES string of the molecule is COC1CCOC(OC)(C(CSC=O)P(C)Cc2ccccc2)C1. The van der Waals surface area contributed by atoms with Crippen molar-refractivity contribution in [2.75, 3.05) is 33.2 Å². The van der Waals surface area contributed by atoms with Gasteiger partial charge in [0, 0.05) is 32.1 Å². The molecular weight excluding hydrogens is 343 g/mol. The Morgan fingerprint density at radius 3 is 2.79 bits per heavy atom. The maximum absolute atomic E-state index is 11.0. The van der Waals surface area contributed by atoms with Crippen LogP contribution in [0.5, 0.6) is 0 Å². The maximum Gasteiger partial charge on any atom is 0.177 e. The van der Waals surface area contributed by atoms with Gasteiger partial charge >= 0.3 is 0 Å². The molecule has 0 saturated carbocycles. The van der Waals surface area contributed by atoms with E-state index in [1.165, 1.54) is 17.3 Å². The Morgan fingerprint density at radius 2 is 2.17 bits per heavy atom. The summed E-state index contributed by atoms with van der Waals surface area (Å²) >= 11 is 1.31. The molecule has 0 aromatic heterocycles. The lowest BCUT2D eigenvalue weighted by atomic mass is 9.99. The number of benzene rings is 1. The van der Waals surface area contributed by atoms with Crippen LogP contribution in [0.3, 0.4) is 0 Å². The van der Waals surface area contributed by atoms with Gasteiger partial charge in [-0.3, -0.25) is 4.79 Å². The van der Waals surface area contributed by atoms with Crippen LogP contribution in [0.1, 0.15) is 18.4 Å². The molecule has 2 rings (SSSR count).